The van der Waals surface area contributed by atoms with Gasteiger partial charge in [0.1, 0.15) is 11.3 Å². The van der Waals surface area contributed by atoms with Gasteiger partial charge < -0.3 is 14.5 Å². The van der Waals surface area contributed by atoms with Crippen LogP contribution >= 0.6 is 34.8 Å². The molecule has 1 N–H and O–H groups in total. The molecule has 0 aliphatic carbocycles. The number of anilines is 1. The van der Waals surface area contributed by atoms with Gasteiger partial charge in [-0.3, -0.25) is 4.79 Å². The van der Waals surface area contributed by atoms with E-state index in [0.717, 1.165) is 27.6 Å². The molecule has 0 radical (unpaired) electrons. The molecular weight excluding hydrogens is 469 g/mol. The summed E-state index contributed by atoms with van der Waals surface area (Å²) in [6, 6.07) is 16.2. The quantitative estimate of drug-likeness (QED) is 0.290. The fourth-order valence-corrected chi connectivity index (χ4v) is 4.00. The molecule has 4 nitrogen and oxygen atoms in total. The van der Waals surface area contributed by atoms with Crippen molar-refractivity contribution in [3.63, 3.8) is 0 Å². The first-order chi connectivity index (χ1) is 15.4. The molecule has 1 aromatic heterocycles. The number of amides is 1. The van der Waals surface area contributed by atoms with Gasteiger partial charge in [-0.1, -0.05) is 46.9 Å². The number of ether oxygens (including phenoxy) is 1. The SMILES string of the molecule is COc1cc2occ(-c3ccc(Cl)cc3)c2cc1/C(C)=C/C(=O)Nc1ccc(Cl)cc1Cl. The summed E-state index contributed by atoms with van der Waals surface area (Å²) in [6.45, 7) is 1.84. The number of carbonyl (C=O) groups is 1. The van der Waals surface area contributed by atoms with Crippen molar-refractivity contribution in [2.75, 3.05) is 12.4 Å². The molecule has 3 aromatic carbocycles. The van der Waals surface area contributed by atoms with Crippen LogP contribution in [-0.4, -0.2) is 13.0 Å². The molecule has 0 bridgehead atoms. The summed E-state index contributed by atoms with van der Waals surface area (Å²) in [5, 5.41) is 5.19. The minimum atomic E-state index is -0.320. The van der Waals surface area contributed by atoms with Crippen LogP contribution in [0.15, 0.2) is 71.4 Å². The molecule has 162 valence electrons. The van der Waals surface area contributed by atoms with E-state index >= 15 is 0 Å². The molecule has 0 spiro atoms. The van der Waals surface area contributed by atoms with Gasteiger partial charge in [0.25, 0.3) is 0 Å². The van der Waals surface area contributed by atoms with Gasteiger partial charge in [-0.05, 0) is 54.5 Å². The molecule has 32 heavy (non-hydrogen) atoms. The first-order valence-electron chi connectivity index (χ1n) is 9.65. The summed E-state index contributed by atoms with van der Waals surface area (Å²) in [5.41, 5.74) is 4.54. The zero-order chi connectivity index (χ0) is 22.8. The molecular formula is C25H18Cl3NO3. The molecule has 0 saturated carbocycles. The Hall–Kier alpha value is -2.92. The van der Waals surface area contributed by atoms with Crippen LogP contribution in [-0.2, 0) is 4.79 Å². The van der Waals surface area contributed by atoms with Gasteiger partial charge in [-0.2, -0.15) is 0 Å². The molecule has 0 fully saturated rings. The Kier molecular flexibility index (Phi) is 6.47. The highest BCUT2D eigenvalue weighted by Gasteiger charge is 2.15. The molecule has 0 aliphatic heterocycles. The van der Waals surface area contributed by atoms with Crippen molar-refractivity contribution in [1.29, 1.82) is 0 Å². The first kappa shape index (κ1) is 22.3. The highest BCUT2D eigenvalue weighted by atomic mass is 35.5. The lowest BCUT2D eigenvalue weighted by Gasteiger charge is -2.11. The lowest BCUT2D eigenvalue weighted by Crippen LogP contribution is -2.09. The smallest absolute Gasteiger partial charge is 0.248 e. The molecule has 1 amide bonds. The Morgan fingerprint density at radius 3 is 2.41 bits per heavy atom. The van der Waals surface area contributed by atoms with Crippen LogP contribution in [0, 0.1) is 0 Å². The summed E-state index contributed by atoms with van der Waals surface area (Å²) in [4.78, 5) is 12.6. The predicted molar refractivity (Wildman–Crippen MR) is 132 cm³/mol. The monoisotopic (exact) mass is 485 g/mol. The Morgan fingerprint density at radius 1 is 1.00 bits per heavy atom. The highest BCUT2D eigenvalue weighted by molar-refractivity contribution is 6.36. The maximum atomic E-state index is 12.6. The Balaban J connectivity index is 1.70. The van der Waals surface area contributed by atoms with Gasteiger partial charge in [0, 0.05) is 38.7 Å². The summed E-state index contributed by atoms with van der Waals surface area (Å²) >= 11 is 18.1. The molecule has 7 heteroatoms. The average Bonchev–Trinajstić information content (AvgIpc) is 3.18. The van der Waals surface area contributed by atoms with E-state index < -0.39 is 0 Å². The van der Waals surface area contributed by atoms with E-state index in [1.807, 2.05) is 43.3 Å². The molecule has 0 saturated heterocycles. The largest absolute Gasteiger partial charge is 0.496 e. The van der Waals surface area contributed by atoms with Gasteiger partial charge in [0.2, 0.25) is 5.91 Å². The summed E-state index contributed by atoms with van der Waals surface area (Å²) < 4.78 is 11.3. The summed E-state index contributed by atoms with van der Waals surface area (Å²) in [5.74, 6) is 0.277. The first-order valence-corrected chi connectivity index (χ1v) is 10.8. The zero-order valence-corrected chi connectivity index (χ0v) is 19.5. The number of allylic oxidation sites excluding steroid dienone is 1. The second-order valence-electron chi connectivity index (χ2n) is 7.15. The molecule has 1 heterocycles. The van der Waals surface area contributed by atoms with E-state index in [1.54, 1.807) is 31.6 Å². The number of methoxy groups -OCH3 is 1. The maximum absolute atomic E-state index is 12.6. The van der Waals surface area contributed by atoms with E-state index in [4.69, 9.17) is 44.0 Å². The van der Waals surface area contributed by atoms with E-state index in [9.17, 15) is 4.79 Å². The van der Waals surface area contributed by atoms with Gasteiger partial charge in [-0.15, -0.1) is 0 Å². The van der Waals surface area contributed by atoms with Crippen molar-refractivity contribution in [2.24, 2.45) is 0 Å². The predicted octanol–water partition coefficient (Wildman–Crippen LogP) is 8.11. The number of fused-ring (bicyclic) bond motifs is 1. The minimum absolute atomic E-state index is 0.320. The number of furan rings is 1. The number of halogens is 3. The van der Waals surface area contributed by atoms with Crippen LogP contribution in [0.4, 0.5) is 5.69 Å². The van der Waals surface area contributed by atoms with Crippen molar-refractivity contribution in [2.45, 2.75) is 6.92 Å². The lowest BCUT2D eigenvalue weighted by molar-refractivity contribution is -0.111. The fraction of sp³-hybridized carbons (Fsp3) is 0.0800. The van der Waals surface area contributed by atoms with Gasteiger partial charge in [0.05, 0.1) is 24.1 Å². The van der Waals surface area contributed by atoms with Crippen molar-refractivity contribution in [1.82, 2.24) is 0 Å². The number of nitrogens with one attached hydrogen (secondary N) is 1. The van der Waals surface area contributed by atoms with Gasteiger partial charge in [0.15, 0.2) is 0 Å². The molecule has 4 rings (SSSR count). The minimum Gasteiger partial charge on any atom is -0.496 e. The van der Waals surface area contributed by atoms with Crippen LogP contribution in [0.1, 0.15) is 12.5 Å². The third-order valence-electron chi connectivity index (χ3n) is 5.01. The van der Waals surface area contributed by atoms with Gasteiger partial charge in [-0.25, -0.2) is 0 Å². The molecule has 4 aromatic rings. The van der Waals surface area contributed by atoms with E-state index in [0.29, 0.717) is 32.1 Å². The standard InChI is InChI=1S/C25H18Cl3NO3/c1-14(9-25(30)29-22-8-7-17(27)10-21(22)28)18-11-19-20(15-3-5-16(26)6-4-15)13-32-24(19)12-23(18)31-2/h3-13H,1-2H3,(H,29,30)/b14-9+. The third kappa shape index (κ3) is 4.63. The summed E-state index contributed by atoms with van der Waals surface area (Å²) in [6.07, 6.45) is 3.20. The Labute approximate surface area is 200 Å². The van der Waals surface area contributed by atoms with Crippen molar-refractivity contribution >= 4 is 62.9 Å². The summed E-state index contributed by atoms with van der Waals surface area (Å²) in [7, 11) is 1.58. The average molecular weight is 487 g/mol. The normalized spacial score (nSPS) is 11.6. The fourth-order valence-electron chi connectivity index (χ4n) is 3.42. The van der Waals surface area contributed by atoms with Crippen LogP contribution in [0.25, 0.3) is 27.7 Å². The van der Waals surface area contributed by atoms with Crippen LogP contribution in [0.3, 0.4) is 0 Å². The zero-order valence-electron chi connectivity index (χ0n) is 17.2. The van der Waals surface area contributed by atoms with Crippen LogP contribution in [0.2, 0.25) is 15.1 Å². The molecule has 0 unspecified atom stereocenters. The van der Waals surface area contributed by atoms with Crippen molar-refractivity contribution < 1.29 is 13.9 Å². The lowest BCUT2D eigenvalue weighted by atomic mass is 9.99. The maximum Gasteiger partial charge on any atom is 0.248 e. The van der Waals surface area contributed by atoms with Gasteiger partial charge >= 0.3 is 0 Å². The van der Waals surface area contributed by atoms with Crippen molar-refractivity contribution in [3.8, 4) is 16.9 Å². The number of hydrogen-bond donors (Lipinski definition) is 1. The number of rotatable bonds is 5. The van der Waals surface area contributed by atoms with Crippen LogP contribution < -0.4 is 10.1 Å². The topological polar surface area (TPSA) is 51.5 Å². The number of benzene rings is 3. The highest BCUT2D eigenvalue weighted by Crippen LogP contribution is 2.37. The Morgan fingerprint density at radius 2 is 1.72 bits per heavy atom. The van der Waals surface area contributed by atoms with E-state index in [1.165, 1.54) is 6.08 Å². The van der Waals surface area contributed by atoms with E-state index in [-0.39, 0.29) is 5.91 Å². The third-order valence-corrected chi connectivity index (χ3v) is 5.81. The Bertz CT molecular complexity index is 1340. The number of carbonyl (C=O) groups excluding carboxylic acids is 1. The molecule has 0 aliphatic rings. The van der Waals surface area contributed by atoms with E-state index in [2.05, 4.69) is 5.32 Å². The van der Waals surface area contributed by atoms with Crippen molar-refractivity contribution in [3.05, 3.63) is 87.6 Å². The second kappa shape index (κ2) is 9.29. The van der Waals surface area contributed by atoms with Crippen LogP contribution in [0.5, 0.6) is 5.75 Å². The second-order valence-corrected chi connectivity index (χ2v) is 8.43. The molecule has 0 atom stereocenters. The number of hydrogen-bond acceptors (Lipinski definition) is 3.